The summed E-state index contributed by atoms with van der Waals surface area (Å²) in [4.78, 5) is 17.9. The van der Waals surface area contributed by atoms with E-state index >= 15 is 0 Å². The van der Waals surface area contributed by atoms with Crippen LogP contribution >= 0.6 is 11.8 Å². The van der Waals surface area contributed by atoms with Gasteiger partial charge in [-0.2, -0.15) is 0 Å². The number of aromatic nitrogens is 2. The molecule has 0 N–H and O–H groups in total. The monoisotopic (exact) mass is 340 g/mol. The first kappa shape index (κ1) is 15.0. The standard InChI is InChI=1S/C20H24N2OS/c1-13(24-19-21-12-17-4-2-3-5-22(17)19)18(23)20-9-14-6-15(10-20)8-16(7-14)11-20/h2-5,12-16H,6-11H2,1H3. The number of hydrogen-bond acceptors (Lipinski definition) is 3. The highest BCUT2D eigenvalue weighted by atomic mass is 32.2. The number of nitrogens with zero attached hydrogens (tertiary/aromatic N) is 2. The molecule has 4 heteroatoms. The van der Waals surface area contributed by atoms with Crippen molar-refractivity contribution in [3.8, 4) is 0 Å². The third kappa shape index (κ3) is 2.26. The molecule has 2 aromatic rings. The van der Waals surface area contributed by atoms with Crippen LogP contribution in [0, 0.1) is 23.2 Å². The van der Waals surface area contributed by atoms with Crippen molar-refractivity contribution in [3.63, 3.8) is 0 Å². The second kappa shape index (κ2) is 5.35. The number of rotatable bonds is 4. The predicted octanol–water partition coefficient (Wildman–Crippen LogP) is 4.60. The molecule has 2 aromatic heterocycles. The Labute approximate surface area is 147 Å². The number of Topliss-reactive ketones (excluding diaryl/α,β-unsaturated/α-hetero) is 1. The molecule has 0 saturated heterocycles. The molecule has 0 aromatic carbocycles. The van der Waals surface area contributed by atoms with E-state index in [2.05, 4.69) is 22.4 Å². The van der Waals surface area contributed by atoms with Gasteiger partial charge in [0.25, 0.3) is 0 Å². The molecule has 126 valence electrons. The first-order valence-corrected chi connectivity index (χ1v) is 10.1. The Balaban J connectivity index is 1.39. The van der Waals surface area contributed by atoms with Gasteiger partial charge in [0.05, 0.1) is 17.0 Å². The van der Waals surface area contributed by atoms with Crippen LogP contribution in [0.5, 0.6) is 0 Å². The molecule has 1 unspecified atom stereocenters. The summed E-state index contributed by atoms with van der Waals surface area (Å²) in [6.07, 6.45) is 11.6. The maximum absolute atomic E-state index is 13.4. The number of imidazole rings is 1. The second-order valence-corrected chi connectivity index (χ2v) is 9.67. The van der Waals surface area contributed by atoms with Gasteiger partial charge in [-0.3, -0.25) is 9.20 Å². The highest BCUT2D eigenvalue weighted by Gasteiger charge is 2.55. The number of ketones is 1. The minimum absolute atomic E-state index is 0.00572. The van der Waals surface area contributed by atoms with E-state index in [1.54, 1.807) is 11.8 Å². The smallest absolute Gasteiger partial charge is 0.173 e. The Morgan fingerprint density at radius 1 is 1.21 bits per heavy atom. The van der Waals surface area contributed by atoms with Crippen molar-refractivity contribution in [3.05, 3.63) is 30.6 Å². The van der Waals surface area contributed by atoms with Crippen LogP contribution in [0.25, 0.3) is 5.52 Å². The van der Waals surface area contributed by atoms with Gasteiger partial charge in [0.15, 0.2) is 10.9 Å². The van der Waals surface area contributed by atoms with Gasteiger partial charge in [-0.15, -0.1) is 0 Å². The number of thioether (sulfide) groups is 1. The average Bonchev–Trinajstić information content (AvgIpc) is 2.96. The first-order valence-electron chi connectivity index (χ1n) is 9.26. The maximum Gasteiger partial charge on any atom is 0.173 e. The van der Waals surface area contributed by atoms with Gasteiger partial charge < -0.3 is 0 Å². The number of hydrogen-bond donors (Lipinski definition) is 0. The summed E-state index contributed by atoms with van der Waals surface area (Å²) >= 11 is 1.64. The quantitative estimate of drug-likeness (QED) is 0.763. The van der Waals surface area contributed by atoms with Crippen LogP contribution in [-0.2, 0) is 4.79 Å². The largest absolute Gasteiger partial charge is 0.298 e. The van der Waals surface area contributed by atoms with E-state index in [0.29, 0.717) is 5.78 Å². The van der Waals surface area contributed by atoms with E-state index in [1.807, 2.05) is 24.5 Å². The van der Waals surface area contributed by atoms with Gasteiger partial charge in [0.1, 0.15) is 0 Å². The third-order valence-electron chi connectivity index (χ3n) is 6.62. The lowest BCUT2D eigenvalue weighted by Gasteiger charge is -2.56. The number of fused-ring (bicyclic) bond motifs is 1. The van der Waals surface area contributed by atoms with E-state index < -0.39 is 0 Å². The fourth-order valence-electron chi connectivity index (χ4n) is 6.06. The molecule has 4 bridgehead atoms. The van der Waals surface area contributed by atoms with Crippen molar-refractivity contribution in [2.75, 3.05) is 0 Å². The van der Waals surface area contributed by atoms with Crippen LogP contribution in [0.2, 0.25) is 0 Å². The van der Waals surface area contributed by atoms with Crippen molar-refractivity contribution in [2.24, 2.45) is 23.2 Å². The van der Waals surface area contributed by atoms with Crippen LogP contribution in [-0.4, -0.2) is 20.4 Å². The lowest BCUT2D eigenvalue weighted by Crippen LogP contribution is -2.51. The first-order chi connectivity index (χ1) is 11.6. The summed E-state index contributed by atoms with van der Waals surface area (Å²) in [5.41, 5.74) is 1.09. The zero-order valence-electron chi connectivity index (χ0n) is 14.1. The van der Waals surface area contributed by atoms with E-state index in [9.17, 15) is 4.79 Å². The molecular formula is C20H24N2OS. The number of carbonyl (C=O) groups excluding carboxylic acids is 1. The molecular weight excluding hydrogens is 316 g/mol. The summed E-state index contributed by atoms with van der Waals surface area (Å²) in [5.74, 6) is 2.97. The number of pyridine rings is 1. The van der Waals surface area contributed by atoms with E-state index in [4.69, 9.17) is 0 Å². The van der Waals surface area contributed by atoms with Gasteiger partial charge in [-0.25, -0.2) is 4.98 Å². The molecule has 1 atom stereocenters. The van der Waals surface area contributed by atoms with Crippen molar-refractivity contribution < 1.29 is 4.79 Å². The third-order valence-corrected chi connectivity index (χ3v) is 7.70. The molecule has 0 aliphatic heterocycles. The summed E-state index contributed by atoms with van der Waals surface area (Å²) in [7, 11) is 0. The molecule has 0 spiro atoms. The Morgan fingerprint density at radius 2 is 1.88 bits per heavy atom. The molecule has 4 fully saturated rings. The number of carbonyl (C=O) groups is 1. The van der Waals surface area contributed by atoms with Crippen molar-refractivity contribution in [1.29, 1.82) is 0 Å². The van der Waals surface area contributed by atoms with Crippen molar-refractivity contribution in [1.82, 2.24) is 9.38 Å². The van der Waals surface area contributed by atoms with Gasteiger partial charge in [0, 0.05) is 11.6 Å². The molecule has 0 amide bonds. The topological polar surface area (TPSA) is 34.4 Å². The van der Waals surface area contributed by atoms with Gasteiger partial charge in [0.2, 0.25) is 0 Å². The summed E-state index contributed by atoms with van der Waals surface area (Å²) in [5, 5.41) is 0.934. The fourth-order valence-corrected chi connectivity index (χ4v) is 7.13. The van der Waals surface area contributed by atoms with Gasteiger partial charge in [-0.05, 0) is 75.3 Å². The highest BCUT2D eigenvalue weighted by molar-refractivity contribution is 8.00. The summed E-state index contributed by atoms with van der Waals surface area (Å²) < 4.78 is 2.09. The van der Waals surface area contributed by atoms with Crippen molar-refractivity contribution in [2.45, 2.75) is 55.9 Å². The van der Waals surface area contributed by atoms with Crippen LogP contribution in [0.1, 0.15) is 45.4 Å². The maximum atomic E-state index is 13.4. The van der Waals surface area contributed by atoms with Crippen LogP contribution in [0.15, 0.2) is 35.7 Å². The van der Waals surface area contributed by atoms with Crippen molar-refractivity contribution >= 4 is 23.1 Å². The molecule has 2 heterocycles. The Kier molecular flexibility index (Phi) is 3.35. The normalized spacial score (nSPS) is 35.5. The highest BCUT2D eigenvalue weighted by Crippen LogP contribution is 2.61. The SMILES string of the molecule is CC(Sc1ncc2ccccn12)C(=O)C12CC3CC(CC(C3)C1)C2. The minimum atomic E-state index is -0.00736. The zero-order valence-corrected chi connectivity index (χ0v) is 15.0. The molecule has 0 radical (unpaired) electrons. The zero-order chi connectivity index (χ0) is 16.3. The summed E-state index contributed by atoms with van der Waals surface area (Å²) in [6.45, 7) is 2.09. The lowest BCUT2D eigenvalue weighted by molar-refractivity contribution is -0.142. The van der Waals surface area contributed by atoms with E-state index in [0.717, 1.165) is 47.7 Å². The Morgan fingerprint density at radius 3 is 2.54 bits per heavy atom. The lowest BCUT2D eigenvalue weighted by atomic mass is 9.48. The molecule has 4 aliphatic carbocycles. The molecule has 6 rings (SSSR count). The Hall–Kier alpha value is -1.29. The molecule has 24 heavy (non-hydrogen) atoms. The second-order valence-electron chi connectivity index (χ2n) is 8.36. The van der Waals surface area contributed by atoms with E-state index in [1.165, 1.54) is 19.3 Å². The Bertz CT molecular complexity index is 761. The summed E-state index contributed by atoms with van der Waals surface area (Å²) in [6, 6.07) is 6.10. The average molecular weight is 340 g/mol. The molecule has 4 saturated carbocycles. The van der Waals surface area contributed by atoms with Crippen LogP contribution in [0.3, 0.4) is 0 Å². The molecule has 3 nitrogen and oxygen atoms in total. The van der Waals surface area contributed by atoms with Crippen LogP contribution in [0.4, 0.5) is 0 Å². The van der Waals surface area contributed by atoms with Gasteiger partial charge >= 0.3 is 0 Å². The van der Waals surface area contributed by atoms with E-state index in [-0.39, 0.29) is 10.7 Å². The van der Waals surface area contributed by atoms with Gasteiger partial charge in [-0.1, -0.05) is 17.8 Å². The minimum Gasteiger partial charge on any atom is -0.298 e. The fraction of sp³-hybridized carbons (Fsp3) is 0.600. The predicted molar refractivity (Wildman–Crippen MR) is 96.1 cm³/mol. The molecule has 4 aliphatic rings. The van der Waals surface area contributed by atoms with Crippen LogP contribution < -0.4 is 0 Å².